The maximum atomic E-state index is 10.8. The van der Waals surface area contributed by atoms with Gasteiger partial charge in [0, 0.05) is 11.6 Å². The van der Waals surface area contributed by atoms with E-state index in [0.717, 1.165) is 0 Å². The van der Waals surface area contributed by atoms with Gasteiger partial charge in [-0.25, -0.2) is 0 Å². The van der Waals surface area contributed by atoms with E-state index < -0.39 is 31.9 Å². The Balaban J connectivity index is 2.93. The first-order valence-corrected chi connectivity index (χ1v) is 5.89. The van der Waals surface area contributed by atoms with Crippen LogP contribution < -0.4 is 0 Å². The Labute approximate surface area is 122 Å². The van der Waals surface area contributed by atoms with E-state index in [1.165, 1.54) is 24.3 Å². The maximum Gasteiger partial charge on any atom is 0.699 e. The van der Waals surface area contributed by atoms with Crippen molar-refractivity contribution in [2.45, 2.75) is 25.0 Å². The smallest absolute Gasteiger partial charge is 0.258 e. The highest BCUT2D eigenvalue weighted by atomic mass is 16.7. The highest BCUT2D eigenvalue weighted by molar-refractivity contribution is 5.39. The van der Waals surface area contributed by atoms with Gasteiger partial charge in [0.15, 0.2) is 21.2 Å². The van der Waals surface area contributed by atoms with E-state index >= 15 is 0 Å². The second-order valence-corrected chi connectivity index (χ2v) is 4.29. The predicted molar refractivity (Wildman–Crippen MR) is 69.7 cm³/mol. The fourth-order valence-corrected chi connectivity index (χ4v) is 1.89. The molecule has 1 aromatic rings. The molecule has 0 aromatic heterocycles. The minimum atomic E-state index is -3.54. The molecule has 0 aliphatic heterocycles. The normalized spacial score (nSPS) is 10.9. The van der Waals surface area contributed by atoms with Crippen molar-refractivity contribution in [3.63, 3.8) is 0 Å². The number of para-hydroxylation sites is 1. The number of rotatable bonds is 8. The molecule has 0 heterocycles. The van der Waals surface area contributed by atoms with E-state index in [4.69, 9.17) is 0 Å². The largest absolute Gasteiger partial charge is 0.699 e. The molecule has 0 fully saturated rings. The van der Waals surface area contributed by atoms with Gasteiger partial charge in [-0.3, -0.25) is 40.5 Å². The minimum absolute atomic E-state index is 0.131. The summed E-state index contributed by atoms with van der Waals surface area (Å²) in [6.07, 6.45) is -1.44. The molecule has 12 heteroatoms. The molecule has 22 heavy (non-hydrogen) atoms. The van der Waals surface area contributed by atoms with Gasteiger partial charge in [0.25, 0.3) is 5.69 Å². The van der Waals surface area contributed by atoms with Crippen LogP contribution in [0.25, 0.3) is 0 Å². The zero-order valence-corrected chi connectivity index (χ0v) is 11.0. The van der Waals surface area contributed by atoms with Crippen molar-refractivity contribution >= 4 is 5.69 Å². The Morgan fingerprint density at radius 1 is 0.864 bits per heavy atom. The minimum Gasteiger partial charge on any atom is -0.258 e. The summed E-state index contributed by atoms with van der Waals surface area (Å²) in [5.41, 5.74) is -0.0622. The first-order chi connectivity index (χ1) is 10.2. The Bertz CT molecular complexity index is 595. The summed E-state index contributed by atoms with van der Waals surface area (Å²) in [5.74, 6) is -3.54. The van der Waals surface area contributed by atoms with Crippen molar-refractivity contribution in [1.82, 2.24) is 0 Å². The van der Waals surface area contributed by atoms with Gasteiger partial charge >= 0.3 is 5.79 Å². The fourth-order valence-electron chi connectivity index (χ4n) is 1.89. The Hall–Kier alpha value is -3.18. The first-order valence-electron chi connectivity index (χ1n) is 5.89. The summed E-state index contributed by atoms with van der Waals surface area (Å²) in [6, 6.07) is 5.49. The lowest BCUT2D eigenvalue weighted by Gasteiger charge is -2.08. The van der Waals surface area contributed by atoms with Gasteiger partial charge in [0.05, 0.1) is 4.92 Å². The molecule has 0 spiro atoms. The molecular formula is C10H10N4O8. The molecule has 0 bridgehead atoms. The average molecular weight is 314 g/mol. The molecule has 0 saturated carbocycles. The van der Waals surface area contributed by atoms with Crippen LogP contribution in [0.15, 0.2) is 24.3 Å². The van der Waals surface area contributed by atoms with Crippen molar-refractivity contribution < 1.29 is 19.7 Å². The highest BCUT2D eigenvalue weighted by Gasteiger charge is 2.69. The van der Waals surface area contributed by atoms with Gasteiger partial charge in [-0.05, 0) is 12.8 Å². The standard InChI is InChI=1S/C10H10N4O8/c15-11(16)9-6-2-1-4-8(9)5-3-7-10(12(17)18,13(19)20)14(21)22/h1-2,4,6H,3,5,7H2. The molecule has 0 aliphatic rings. The monoisotopic (exact) mass is 314 g/mol. The molecule has 1 rings (SSSR count). The lowest BCUT2D eigenvalue weighted by molar-refractivity contribution is -0.970. The molecule has 12 nitrogen and oxygen atoms in total. The van der Waals surface area contributed by atoms with E-state index in [2.05, 4.69) is 0 Å². The van der Waals surface area contributed by atoms with Crippen LogP contribution in [0.4, 0.5) is 5.69 Å². The first kappa shape index (κ1) is 16.9. The number of nitro groups is 4. The number of hydrogen-bond acceptors (Lipinski definition) is 8. The summed E-state index contributed by atoms with van der Waals surface area (Å²) >= 11 is 0. The fraction of sp³-hybridized carbons (Fsp3) is 0.400. The lowest BCUT2D eigenvalue weighted by Crippen LogP contribution is -2.53. The van der Waals surface area contributed by atoms with Gasteiger partial charge in [-0.15, -0.1) is 0 Å². The summed E-state index contributed by atoms with van der Waals surface area (Å²) < 4.78 is 0. The zero-order chi connectivity index (χ0) is 16.9. The summed E-state index contributed by atoms with van der Waals surface area (Å²) in [4.78, 5) is 37.6. The molecule has 1 aromatic carbocycles. The maximum absolute atomic E-state index is 10.8. The van der Waals surface area contributed by atoms with Crippen molar-refractivity contribution in [1.29, 1.82) is 0 Å². The van der Waals surface area contributed by atoms with Gasteiger partial charge < -0.3 is 0 Å². The van der Waals surface area contributed by atoms with Crippen LogP contribution >= 0.6 is 0 Å². The van der Waals surface area contributed by atoms with E-state index in [9.17, 15) is 40.5 Å². The number of benzene rings is 1. The highest BCUT2D eigenvalue weighted by Crippen LogP contribution is 2.24. The zero-order valence-electron chi connectivity index (χ0n) is 11.0. The average Bonchev–Trinajstić information content (AvgIpc) is 2.42. The number of hydrogen-bond donors (Lipinski definition) is 0. The molecule has 0 aliphatic carbocycles. The van der Waals surface area contributed by atoms with E-state index in [1.54, 1.807) is 0 Å². The summed E-state index contributed by atoms with van der Waals surface area (Å²) in [5, 5.41) is 43.0. The second-order valence-electron chi connectivity index (χ2n) is 4.29. The molecule has 0 amide bonds. The Morgan fingerprint density at radius 3 is 1.82 bits per heavy atom. The van der Waals surface area contributed by atoms with Crippen molar-refractivity contribution in [2.24, 2.45) is 0 Å². The van der Waals surface area contributed by atoms with Gasteiger partial charge in [-0.2, -0.15) is 0 Å². The van der Waals surface area contributed by atoms with Crippen LogP contribution in [0.1, 0.15) is 18.4 Å². The summed E-state index contributed by atoms with van der Waals surface area (Å²) in [7, 11) is 0. The van der Waals surface area contributed by atoms with Crippen LogP contribution in [0.3, 0.4) is 0 Å². The van der Waals surface area contributed by atoms with Crippen molar-refractivity contribution in [3.05, 3.63) is 70.3 Å². The molecule has 0 unspecified atom stereocenters. The second kappa shape index (κ2) is 6.51. The third kappa shape index (κ3) is 3.11. The third-order valence-corrected chi connectivity index (χ3v) is 3.02. The van der Waals surface area contributed by atoms with E-state index in [1.807, 2.05) is 0 Å². The van der Waals surface area contributed by atoms with Crippen LogP contribution in [0, 0.1) is 40.5 Å². The predicted octanol–water partition coefficient (Wildman–Crippen LogP) is 1.40. The van der Waals surface area contributed by atoms with Gasteiger partial charge in [0.1, 0.15) is 0 Å². The topological polar surface area (TPSA) is 173 Å². The lowest BCUT2D eigenvalue weighted by atomic mass is 10.0. The number of nitrogens with zero attached hydrogens (tertiary/aromatic N) is 4. The molecule has 0 radical (unpaired) electrons. The molecule has 118 valence electrons. The quantitative estimate of drug-likeness (QED) is 0.393. The van der Waals surface area contributed by atoms with Gasteiger partial charge in [0.2, 0.25) is 0 Å². The number of nitro benzene ring substituents is 1. The Morgan fingerprint density at radius 2 is 1.36 bits per heavy atom. The van der Waals surface area contributed by atoms with Crippen LogP contribution in [0.5, 0.6) is 0 Å². The molecule has 0 atom stereocenters. The Kier molecular flexibility index (Phi) is 5.00. The van der Waals surface area contributed by atoms with Crippen LogP contribution in [-0.4, -0.2) is 25.5 Å². The molecule has 0 N–H and O–H groups in total. The van der Waals surface area contributed by atoms with Crippen LogP contribution in [0.2, 0.25) is 0 Å². The third-order valence-electron chi connectivity index (χ3n) is 3.02. The molecule has 0 saturated heterocycles. The van der Waals surface area contributed by atoms with Gasteiger partial charge in [-0.1, -0.05) is 18.2 Å². The summed E-state index contributed by atoms with van der Waals surface area (Å²) in [6.45, 7) is 0. The van der Waals surface area contributed by atoms with Crippen LogP contribution in [-0.2, 0) is 6.42 Å². The molecular weight excluding hydrogens is 304 g/mol. The van der Waals surface area contributed by atoms with E-state index in [-0.39, 0.29) is 24.1 Å². The number of aryl methyl sites for hydroxylation is 1. The van der Waals surface area contributed by atoms with Crippen molar-refractivity contribution in [3.8, 4) is 0 Å². The van der Waals surface area contributed by atoms with E-state index in [0.29, 0.717) is 0 Å². The van der Waals surface area contributed by atoms with Crippen molar-refractivity contribution in [2.75, 3.05) is 0 Å². The SMILES string of the molecule is O=[N+]([O-])c1ccccc1CCCC([N+](=O)[O-])([N+](=O)[O-])[N+](=O)[O-].